The maximum atomic E-state index is 10.1. The van der Waals surface area contributed by atoms with Crippen molar-refractivity contribution in [3.63, 3.8) is 0 Å². The highest BCUT2D eigenvalue weighted by molar-refractivity contribution is 7.51. The van der Waals surface area contributed by atoms with Gasteiger partial charge in [-0.3, -0.25) is 4.57 Å². The molecule has 6 heteroatoms. The lowest BCUT2D eigenvalue weighted by atomic mass is 10.9. The Labute approximate surface area is 65.5 Å². The smallest absolute Gasteiger partial charge is 0.324 e. The van der Waals surface area contributed by atoms with Crippen LogP contribution in [0.5, 0.6) is 0 Å². The van der Waals surface area contributed by atoms with Crippen molar-refractivity contribution >= 4 is 13.6 Å². The molecule has 67 valence electrons. The Hall–Kier alpha value is -0.380. The Morgan fingerprint density at radius 2 is 1.91 bits per heavy atom. The van der Waals surface area contributed by atoms with E-state index in [4.69, 9.17) is 14.8 Å². The van der Waals surface area contributed by atoms with Crippen molar-refractivity contribution in [1.82, 2.24) is 0 Å². The maximum absolute atomic E-state index is 10.1. The quantitative estimate of drug-likeness (QED) is 0.641. The van der Waals surface area contributed by atoms with Crippen molar-refractivity contribution in [2.24, 2.45) is 0 Å². The van der Waals surface area contributed by atoms with E-state index in [1.807, 2.05) is 0 Å². The highest BCUT2D eigenvalue weighted by Gasteiger charge is 2.05. The molecule has 0 aromatic heterocycles. The Balaban J connectivity index is 0. The van der Waals surface area contributed by atoms with Gasteiger partial charge in [0.2, 0.25) is 0 Å². The minimum atomic E-state index is -3.17. The molecule has 0 amide bonds. The SMILES string of the molecule is CC([O])=O.CCOP(C)(=O)O. The molecule has 11 heavy (non-hydrogen) atoms. The van der Waals surface area contributed by atoms with Crippen molar-refractivity contribution in [2.45, 2.75) is 13.8 Å². The summed E-state index contributed by atoms with van der Waals surface area (Å²) in [4.78, 5) is 17.2. The van der Waals surface area contributed by atoms with Crippen LogP contribution >= 0.6 is 7.60 Å². The summed E-state index contributed by atoms with van der Waals surface area (Å²) >= 11 is 0. The zero-order chi connectivity index (χ0) is 9.49. The lowest BCUT2D eigenvalue weighted by molar-refractivity contribution is -0.140. The molecule has 1 N–H and O–H groups in total. The fraction of sp³-hybridized carbons (Fsp3) is 0.800. The van der Waals surface area contributed by atoms with E-state index in [1.54, 1.807) is 6.92 Å². The van der Waals surface area contributed by atoms with Gasteiger partial charge in [-0.25, -0.2) is 9.90 Å². The van der Waals surface area contributed by atoms with Crippen LogP contribution in [-0.2, 0) is 19.0 Å². The molecule has 1 unspecified atom stereocenters. The minimum Gasteiger partial charge on any atom is -0.324 e. The van der Waals surface area contributed by atoms with Crippen LogP contribution in [0.4, 0.5) is 0 Å². The summed E-state index contributed by atoms with van der Waals surface area (Å²) < 4.78 is 14.5. The second-order valence-corrected chi connectivity index (χ2v) is 3.58. The summed E-state index contributed by atoms with van der Waals surface area (Å²) in [5.41, 5.74) is 0. The molecule has 0 aliphatic rings. The van der Waals surface area contributed by atoms with E-state index >= 15 is 0 Å². The molecule has 1 atom stereocenters. The molecule has 0 bridgehead atoms. The Morgan fingerprint density at radius 3 is 1.91 bits per heavy atom. The summed E-state index contributed by atoms with van der Waals surface area (Å²) in [6.07, 6.45) is 0. The topological polar surface area (TPSA) is 83.5 Å². The molecule has 0 rings (SSSR count). The van der Waals surface area contributed by atoms with E-state index in [9.17, 15) is 4.57 Å². The van der Waals surface area contributed by atoms with Gasteiger partial charge in [-0.15, -0.1) is 0 Å². The summed E-state index contributed by atoms with van der Waals surface area (Å²) in [6, 6.07) is 0. The number of carbonyl (C=O) groups excluding carboxylic acids is 1. The fourth-order valence-electron chi connectivity index (χ4n) is 0.240. The Bertz CT molecular complexity index is 145. The zero-order valence-electron chi connectivity index (χ0n) is 6.73. The molecule has 1 radical (unpaired) electrons. The van der Waals surface area contributed by atoms with Crippen molar-refractivity contribution in [1.29, 1.82) is 0 Å². The molecule has 0 aliphatic heterocycles. The zero-order valence-corrected chi connectivity index (χ0v) is 7.63. The second kappa shape index (κ2) is 6.34. The summed E-state index contributed by atoms with van der Waals surface area (Å²) in [6.45, 7) is 4.10. The van der Waals surface area contributed by atoms with E-state index in [2.05, 4.69) is 4.52 Å². The molecule has 0 heterocycles. The van der Waals surface area contributed by atoms with Gasteiger partial charge in [-0.1, -0.05) is 0 Å². The summed E-state index contributed by atoms with van der Waals surface area (Å²) in [7, 11) is -3.17. The predicted molar refractivity (Wildman–Crippen MR) is 38.7 cm³/mol. The van der Waals surface area contributed by atoms with Crippen LogP contribution in [0, 0.1) is 0 Å². The molecule has 0 fully saturated rings. The molecule has 0 saturated heterocycles. The molecular formula is C5H12O5P. The van der Waals surface area contributed by atoms with Crippen LogP contribution in [0.15, 0.2) is 0 Å². The second-order valence-electron chi connectivity index (χ2n) is 1.71. The number of rotatable bonds is 2. The largest absolute Gasteiger partial charge is 0.352 e. The van der Waals surface area contributed by atoms with Crippen molar-refractivity contribution in [3.05, 3.63) is 0 Å². The van der Waals surface area contributed by atoms with Gasteiger partial charge in [0.25, 0.3) is 0 Å². The molecule has 5 nitrogen and oxygen atoms in total. The monoisotopic (exact) mass is 183 g/mol. The minimum absolute atomic E-state index is 0.296. The lowest BCUT2D eigenvalue weighted by Crippen LogP contribution is -1.83. The Kier molecular flexibility index (Phi) is 7.62. The highest BCUT2D eigenvalue weighted by Crippen LogP contribution is 2.35. The lowest BCUT2D eigenvalue weighted by Gasteiger charge is -2.00. The van der Waals surface area contributed by atoms with Gasteiger partial charge in [0.1, 0.15) is 0 Å². The number of hydrogen-bond acceptors (Lipinski definition) is 3. The van der Waals surface area contributed by atoms with E-state index in [0.717, 1.165) is 13.6 Å². The molecule has 0 aromatic rings. The maximum Gasteiger partial charge on any atom is 0.352 e. The van der Waals surface area contributed by atoms with Crippen LogP contribution in [0.3, 0.4) is 0 Å². The van der Waals surface area contributed by atoms with E-state index in [1.165, 1.54) is 0 Å². The third-order valence-corrected chi connectivity index (χ3v) is 1.11. The predicted octanol–water partition coefficient (Wildman–Crippen LogP) is 0.801. The third kappa shape index (κ3) is 42.6. The van der Waals surface area contributed by atoms with Gasteiger partial charge >= 0.3 is 13.6 Å². The molecular weight excluding hydrogens is 171 g/mol. The van der Waals surface area contributed by atoms with Gasteiger partial charge in [0.05, 0.1) is 6.61 Å². The average Bonchev–Trinajstić information content (AvgIpc) is 1.58. The van der Waals surface area contributed by atoms with Crippen molar-refractivity contribution in [3.8, 4) is 0 Å². The van der Waals surface area contributed by atoms with Crippen molar-refractivity contribution < 1.29 is 23.9 Å². The molecule has 0 aromatic carbocycles. The van der Waals surface area contributed by atoms with E-state index in [0.29, 0.717) is 6.61 Å². The van der Waals surface area contributed by atoms with Crippen LogP contribution in [0.25, 0.3) is 0 Å². The molecule has 0 aliphatic carbocycles. The van der Waals surface area contributed by atoms with Gasteiger partial charge in [0.15, 0.2) is 0 Å². The van der Waals surface area contributed by atoms with Crippen molar-refractivity contribution in [2.75, 3.05) is 13.3 Å². The summed E-state index contributed by atoms with van der Waals surface area (Å²) in [5.74, 6) is -1.08. The van der Waals surface area contributed by atoms with Crippen LogP contribution in [-0.4, -0.2) is 24.1 Å². The van der Waals surface area contributed by atoms with Crippen LogP contribution in [0.2, 0.25) is 0 Å². The first-order valence-electron chi connectivity index (χ1n) is 2.92. The fourth-order valence-corrected chi connectivity index (χ4v) is 0.719. The number of carbonyl (C=O) groups is 1. The highest BCUT2D eigenvalue weighted by atomic mass is 31.2. The van der Waals surface area contributed by atoms with Crippen LogP contribution < -0.4 is 0 Å². The van der Waals surface area contributed by atoms with Crippen LogP contribution in [0.1, 0.15) is 13.8 Å². The van der Waals surface area contributed by atoms with Gasteiger partial charge in [0, 0.05) is 13.6 Å². The Morgan fingerprint density at radius 1 is 1.64 bits per heavy atom. The standard InChI is InChI=1S/C3H9O3P.C2H3O2/c1-3-6-7(2,4)5;1-2(3)4/h3H2,1-2H3,(H,4,5);1H3. The van der Waals surface area contributed by atoms with Gasteiger partial charge in [-0.05, 0) is 6.92 Å². The normalized spacial score (nSPS) is 14.2. The van der Waals surface area contributed by atoms with E-state index in [-0.39, 0.29) is 0 Å². The molecule has 0 saturated carbocycles. The first-order valence-corrected chi connectivity index (χ1v) is 4.94. The first kappa shape index (κ1) is 13.2. The van der Waals surface area contributed by atoms with Gasteiger partial charge in [-0.2, -0.15) is 0 Å². The molecule has 0 spiro atoms. The summed E-state index contributed by atoms with van der Waals surface area (Å²) in [5, 5.41) is 8.89. The average molecular weight is 183 g/mol. The van der Waals surface area contributed by atoms with Gasteiger partial charge < -0.3 is 9.42 Å². The third-order valence-electron chi connectivity index (χ3n) is 0.369. The first-order chi connectivity index (χ1) is 4.79. The number of hydrogen-bond donors (Lipinski definition) is 1. The van der Waals surface area contributed by atoms with E-state index < -0.39 is 13.6 Å².